The number of hydrogen-bond donors (Lipinski definition) is 1. The number of nitrogens with one attached hydrogen (secondary N) is 1. The van der Waals surface area contributed by atoms with E-state index in [1.165, 1.54) is 12.1 Å². The number of benzene rings is 2. The quantitative estimate of drug-likeness (QED) is 0.834. The molecule has 0 heterocycles. The number of rotatable bonds is 2. The van der Waals surface area contributed by atoms with Gasteiger partial charge in [-0.2, -0.15) is 0 Å². The topological polar surface area (TPSA) is 29.1 Å². The maximum atomic E-state index is 13.6. The lowest BCUT2D eigenvalue weighted by Gasteiger charge is -2.09. The van der Waals surface area contributed by atoms with E-state index in [0.717, 1.165) is 5.56 Å². The monoisotopic (exact) mass is 341 g/mol. The molecule has 2 nitrogen and oxygen atoms in total. The van der Waals surface area contributed by atoms with Crippen LogP contribution in [-0.4, -0.2) is 5.91 Å². The van der Waals surface area contributed by atoms with E-state index >= 15 is 0 Å². The fraction of sp³-hybridized carbons (Fsp3) is 0.0714. The molecule has 0 fully saturated rings. The zero-order chi connectivity index (χ0) is 14.0. The standard InChI is InChI=1S/C14H10BrClFNO/c1-8-5-6-12(10(16)7-8)18-14(19)13-9(15)3-2-4-11(13)17/h2-7H,1H3,(H,18,19). The minimum Gasteiger partial charge on any atom is -0.321 e. The first-order chi connectivity index (χ1) is 8.99. The van der Waals surface area contributed by atoms with Crippen LogP contribution >= 0.6 is 27.5 Å². The molecule has 0 aromatic heterocycles. The van der Waals surface area contributed by atoms with Crippen molar-refractivity contribution in [2.45, 2.75) is 6.92 Å². The van der Waals surface area contributed by atoms with Gasteiger partial charge in [-0.25, -0.2) is 4.39 Å². The summed E-state index contributed by atoms with van der Waals surface area (Å²) in [6, 6.07) is 9.59. The highest BCUT2D eigenvalue weighted by atomic mass is 79.9. The third-order valence-electron chi connectivity index (χ3n) is 2.56. The van der Waals surface area contributed by atoms with E-state index in [2.05, 4.69) is 21.2 Å². The van der Waals surface area contributed by atoms with Gasteiger partial charge in [0.25, 0.3) is 5.91 Å². The number of halogens is 3. The number of carbonyl (C=O) groups is 1. The second kappa shape index (κ2) is 5.72. The molecule has 1 N–H and O–H groups in total. The van der Waals surface area contributed by atoms with Crippen LogP contribution in [0.1, 0.15) is 15.9 Å². The molecule has 19 heavy (non-hydrogen) atoms. The molecule has 0 spiro atoms. The predicted octanol–water partition coefficient (Wildman–Crippen LogP) is 4.80. The van der Waals surface area contributed by atoms with Gasteiger partial charge in [-0.1, -0.05) is 23.7 Å². The van der Waals surface area contributed by atoms with Crippen molar-refractivity contribution in [3.05, 3.63) is 62.8 Å². The van der Waals surface area contributed by atoms with Gasteiger partial charge in [0.05, 0.1) is 16.3 Å². The fourth-order valence-corrected chi connectivity index (χ4v) is 2.43. The van der Waals surface area contributed by atoms with Gasteiger partial charge in [-0.3, -0.25) is 4.79 Å². The molecule has 0 saturated carbocycles. The van der Waals surface area contributed by atoms with Gasteiger partial charge in [0.2, 0.25) is 0 Å². The molecule has 2 aromatic carbocycles. The molecule has 2 aromatic rings. The van der Waals surface area contributed by atoms with Crippen LogP contribution in [0.15, 0.2) is 40.9 Å². The molecule has 0 aliphatic rings. The lowest BCUT2D eigenvalue weighted by atomic mass is 10.2. The Morgan fingerprint density at radius 3 is 2.68 bits per heavy atom. The minimum absolute atomic E-state index is 0.0425. The van der Waals surface area contributed by atoms with E-state index in [1.807, 2.05) is 13.0 Å². The summed E-state index contributed by atoms with van der Waals surface area (Å²) in [6.07, 6.45) is 0. The van der Waals surface area contributed by atoms with Crippen molar-refractivity contribution < 1.29 is 9.18 Å². The van der Waals surface area contributed by atoms with Crippen molar-refractivity contribution in [3.63, 3.8) is 0 Å². The van der Waals surface area contributed by atoms with Crippen molar-refractivity contribution in [3.8, 4) is 0 Å². The van der Waals surface area contributed by atoms with E-state index in [0.29, 0.717) is 15.2 Å². The van der Waals surface area contributed by atoms with Gasteiger partial charge in [0, 0.05) is 4.47 Å². The number of aryl methyl sites for hydroxylation is 1. The summed E-state index contributed by atoms with van der Waals surface area (Å²) >= 11 is 9.18. The average Bonchev–Trinajstić information content (AvgIpc) is 2.32. The molecule has 0 unspecified atom stereocenters. The first kappa shape index (κ1) is 14.0. The highest BCUT2D eigenvalue weighted by Gasteiger charge is 2.16. The summed E-state index contributed by atoms with van der Waals surface area (Å²) in [5.41, 5.74) is 1.39. The van der Waals surface area contributed by atoms with Crippen LogP contribution in [0.4, 0.5) is 10.1 Å². The lowest BCUT2D eigenvalue weighted by molar-refractivity contribution is 0.102. The number of anilines is 1. The summed E-state index contributed by atoms with van der Waals surface area (Å²) < 4.78 is 14.0. The van der Waals surface area contributed by atoms with Crippen molar-refractivity contribution >= 4 is 39.1 Å². The third kappa shape index (κ3) is 3.14. The summed E-state index contributed by atoms with van der Waals surface area (Å²) in [5, 5.41) is 3.01. The Morgan fingerprint density at radius 1 is 1.32 bits per heavy atom. The average molecular weight is 343 g/mol. The fourth-order valence-electron chi connectivity index (χ4n) is 1.62. The second-order valence-electron chi connectivity index (χ2n) is 4.03. The Hall–Kier alpha value is -1.39. The highest BCUT2D eigenvalue weighted by Crippen LogP contribution is 2.25. The minimum atomic E-state index is -0.588. The SMILES string of the molecule is Cc1ccc(NC(=O)c2c(F)cccc2Br)c(Cl)c1. The Labute approximate surface area is 123 Å². The van der Waals surface area contributed by atoms with Crippen molar-refractivity contribution in [1.29, 1.82) is 0 Å². The van der Waals surface area contributed by atoms with Crippen LogP contribution in [0.5, 0.6) is 0 Å². The summed E-state index contributed by atoms with van der Waals surface area (Å²) in [5.74, 6) is -1.13. The molecule has 0 aliphatic carbocycles. The van der Waals surface area contributed by atoms with Gasteiger partial charge in [0.1, 0.15) is 5.82 Å². The summed E-state index contributed by atoms with van der Waals surface area (Å²) in [7, 11) is 0. The molecule has 0 radical (unpaired) electrons. The molecule has 2 rings (SSSR count). The van der Waals surface area contributed by atoms with E-state index in [9.17, 15) is 9.18 Å². The van der Waals surface area contributed by atoms with E-state index in [4.69, 9.17) is 11.6 Å². The first-order valence-corrected chi connectivity index (χ1v) is 6.67. The van der Waals surface area contributed by atoms with Gasteiger partial charge >= 0.3 is 0 Å². The number of amides is 1. The van der Waals surface area contributed by atoms with Gasteiger partial charge in [0.15, 0.2) is 0 Å². The summed E-state index contributed by atoms with van der Waals surface area (Å²) in [4.78, 5) is 12.1. The predicted molar refractivity (Wildman–Crippen MR) is 78.2 cm³/mol. The smallest absolute Gasteiger partial charge is 0.259 e. The molecular formula is C14H10BrClFNO. The Bertz CT molecular complexity index is 625. The molecular weight excluding hydrogens is 333 g/mol. The van der Waals surface area contributed by atoms with Crippen LogP contribution in [0.25, 0.3) is 0 Å². The largest absolute Gasteiger partial charge is 0.321 e. The van der Waals surface area contributed by atoms with E-state index in [-0.39, 0.29) is 5.56 Å². The molecule has 0 saturated heterocycles. The van der Waals surface area contributed by atoms with Gasteiger partial charge in [-0.15, -0.1) is 0 Å². The van der Waals surface area contributed by atoms with Gasteiger partial charge < -0.3 is 5.32 Å². The molecule has 0 bridgehead atoms. The normalized spacial score (nSPS) is 10.3. The van der Waals surface area contributed by atoms with Crippen molar-refractivity contribution in [2.75, 3.05) is 5.32 Å². The third-order valence-corrected chi connectivity index (χ3v) is 3.54. The maximum absolute atomic E-state index is 13.6. The molecule has 0 aliphatic heterocycles. The van der Waals surface area contributed by atoms with Crippen LogP contribution in [0, 0.1) is 12.7 Å². The summed E-state index contributed by atoms with van der Waals surface area (Å²) in [6.45, 7) is 1.89. The van der Waals surface area contributed by atoms with Crippen LogP contribution in [0.3, 0.4) is 0 Å². The van der Waals surface area contributed by atoms with Gasteiger partial charge in [-0.05, 0) is 52.7 Å². The zero-order valence-electron chi connectivity index (χ0n) is 10.0. The van der Waals surface area contributed by atoms with E-state index < -0.39 is 11.7 Å². The number of carbonyl (C=O) groups excluding carboxylic acids is 1. The maximum Gasteiger partial charge on any atom is 0.259 e. The Kier molecular flexibility index (Phi) is 4.22. The zero-order valence-corrected chi connectivity index (χ0v) is 12.3. The van der Waals surface area contributed by atoms with Crippen molar-refractivity contribution in [2.24, 2.45) is 0 Å². The molecule has 98 valence electrons. The molecule has 1 amide bonds. The van der Waals surface area contributed by atoms with Crippen molar-refractivity contribution in [1.82, 2.24) is 0 Å². The Morgan fingerprint density at radius 2 is 2.05 bits per heavy atom. The molecule has 5 heteroatoms. The lowest BCUT2D eigenvalue weighted by Crippen LogP contribution is -2.14. The van der Waals surface area contributed by atoms with Crippen LogP contribution < -0.4 is 5.32 Å². The van der Waals surface area contributed by atoms with Crippen LogP contribution in [-0.2, 0) is 0 Å². The van der Waals surface area contributed by atoms with Crippen LogP contribution in [0.2, 0.25) is 5.02 Å². The van der Waals surface area contributed by atoms with E-state index in [1.54, 1.807) is 18.2 Å². The number of hydrogen-bond acceptors (Lipinski definition) is 1. The Balaban J connectivity index is 2.31. The highest BCUT2D eigenvalue weighted by molar-refractivity contribution is 9.10. The molecule has 0 atom stereocenters. The first-order valence-electron chi connectivity index (χ1n) is 5.50. The second-order valence-corrected chi connectivity index (χ2v) is 5.30.